The van der Waals surface area contributed by atoms with E-state index in [1.54, 1.807) is 0 Å². The van der Waals surface area contributed by atoms with E-state index in [-0.39, 0.29) is 15.6 Å². The standard InChI is InChI=1S/C7H6Cl2N2O2/c8-4-1-3(7(12)13)2-5(9)6(4)11-10/h1-2,11H,10H2,(H,12,13). The summed E-state index contributed by atoms with van der Waals surface area (Å²) in [6.07, 6.45) is 0. The number of nitrogens with two attached hydrogens (primary N) is 1. The van der Waals surface area contributed by atoms with Crippen molar-refractivity contribution in [1.82, 2.24) is 0 Å². The van der Waals surface area contributed by atoms with E-state index in [0.29, 0.717) is 5.69 Å². The lowest BCUT2D eigenvalue weighted by Gasteiger charge is -2.06. The summed E-state index contributed by atoms with van der Waals surface area (Å²) >= 11 is 11.4. The van der Waals surface area contributed by atoms with Crippen molar-refractivity contribution in [2.75, 3.05) is 5.43 Å². The molecule has 6 heteroatoms. The first kappa shape index (κ1) is 10.1. The summed E-state index contributed by atoms with van der Waals surface area (Å²) < 4.78 is 0. The van der Waals surface area contributed by atoms with Crippen molar-refractivity contribution in [1.29, 1.82) is 0 Å². The molecule has 0 fully saturated rings. The van der Waals surface area contributed by atoms with Gasteiger partial charge in [-0.05, 0) is 12.1 Å². The van der Waals surface area contributed by atoms with Crippen LogP contribution in [0.15, 0.2) is 12.1 Å². The Bertz CT molecular complexity index is 331. The fourth-order valence-corrected chi connectivity index (χ4v) is 1.43. The van der Waals surface area contributed by atoms with Crippen molar-refractivity contribution in [3.05, 3.63) is 27.7 Å². The van der Waals surface area contributed by atoms with E-state index in [0.717, 1.165) is 0 Å². The van der Waals surface area contributed by atoms with Gasteiger partial charge in [-0.3, -0.25) is 5.84 Å². The molecule has 1 rings (SSSR count). The van der Waals surface area contributed by atoms with Crippen LogP contribution in [0.5, 0.6) is 0 Å². The van der Waals surface area contributed by atoms with E-state index < -0.39 is 5.97 Å². The molecule has 0 saturated heterocycles. The lowest BCUT2D eigenvalue weighted by molar-refractivity contribution is 0.0697. The molecule has 0 aromatic heterocycles. The highest BCUT2D eigenvalue weighted by Gasteiger charge is 2.10. The second-order valence-corrected chi connectivity index (χ2v) is 3.08. The van der Waals surface area contributed by atoms with E-state index in [1.165, 1.54) is 12.1 Å². The minimum atomic E-state index is -1.09. The number of rotatable bonds is 2. The zero-order chi connectivity index (χ0) is 10.0. The maximum absolute atomic E-state index is 10.5. The first-order valence-electron chi connectivity index (χ1n) is 3.25. The molecule has 1 aromatic carbocycles. The average Bonchev–Trinajstić information content (AvgIpc) is 2.03. The van der Waals surface area contributed by atoms with Crippen LogP contribution in [0.2, 0.25) is 10.0 Å². The predicted molar refractivity (Wildman–Crippen MR) is 51.2 cm³/mol. The lowest BCUT2D eigenvalue weighted by atomic mass is 10.2. The molecule has 4 N–H and O–H groups in total. The van der Waals surface area contributed by atoms with Gasteiger partial charge in [-0.25, -0.2) is 4.79 Å². The normalized spacial score (nSPS) is 9.77. The zero-order valence-electron chi connectivity index (χ0n) is 6.34. The van der Waals surface area contributed by atoms with Crippen molar-refractivity contribution in [3.8, 4) is 0 Å². The summed E-state index contributed by atoms with van der Waals surface area (Å²) in [5.41, 5.74) is 2.61. The molecule has 0 heterocycles. The number of nitrogens with one attached hydrogen (secondary N) is 1. The van der Waals surface area contributed by atoms with Gasteiger partial charge in [0.2, 0.25) is 0 Å². The van der Waals surface area contributed by atoms with Gasteiger partial charge in [-0.15, -0.1) is 0 Å². The van der Waals surface area contributed by atoms with Gasteiger partial charge >= 0.3 is 5.97 Å². The molecule has 0 aliphatic carbocycles. The Kier molecular flexibility index (Phi) is 2.98. The Balaban J connectivity index is 3.28. The SMILES string of the molecule is NNc1c(Cl)cc(C(=O)O)cc1Cl. The van der Waals surface area contributed by atoms with E-state index in [4.69, 9.17) is 34.2 Å². The number of halogens is 2. The Morgan fingerprint density at radius 2 is 1.85 bits per heavy atom. The molecular weight excluding hydrogens is 215 g/mol. The van der Waals surface area contributed by atoms with Gasteiger partial charge in [0.05, 0.1) is 21.3 Å². The maximum Gasteiger partial charge on any atom is 0.335 e. The van der Waals surface area contributed by atoms with E-state index in [1.807, 2.05) is 0 Å². The van der Waals surface area contributed by atoms with Gasteiger partial charge in [0, 0.05) is 0 Å². The first-order chi connectivity index (χ1) is 6.06. The monoisotopic (exact) mass is 220 g/mol. The predicted octanol–water partition coefficient (Wildman–Crippen LogP) is 1.98. The number of carboxylic acid groups (broad SMARTS) is 1. The summed E-state index contributed by atoms with van der Waals surface area (Å²) in [5.74, 6) is 4.02. The number of carbonyl (C=O) groups is 1. The molecule has 0 unspecified atom stereocenters. The molecule has 4 nitrogen and oxygen atoms in total. The van der Waals surface area contributed by atoms with Crippen molar-refractivity contribution in [2.24, 2.45) is 5.84 Å². The molecule has 0 radical (unpaired) electrons. The van der Waals surface area contributed by atoms with E-state index in [9.17, 15) is 4.79 Å². The Morgan fingerprint density at radius 3 is 2.15 bits per heavy atom. The van der Waals surface area contributed by atoms with Crippen LogP contribution in [-0.2, 0) is 0 Å². The fourth-order valence-electron chi connectivity index (χ4n) is 0.834. The van der Waals surface area contributed by atoms with Crippen LogP contribution < -0.4 is 11.3 Å². The van der Waals surface area contributed by atoms with Crippen molar-refractivity contribution >= 4 is 34.9 Å². The van der Waals surface area contributed by atoms with Crippen LogP contribution in [0.4, 0.5) is 5.69 Å². The second-order valence-electron chi connectivity index (χ2n) is 2.26. The Morgan fingerprint density at radius 1 is 1.38 bits per heavy atom. The highest BCUT2D eigenvalue weighted by molar-refractivity contribution is 6.39. The molecule has 1 aromatic rings. The third-order valence-electron chi connectivity index (χ3n) is 1.43. The number of benzene rings is 1. The summed E-state index contributed by atoms with van der Waals surface area (Å²) in [6, 6.07) is 2.54. The third kappa shape index (κ3) is 2.03. The topological polar surface area (TPSA) is 75.3 Å². The van der Waals surface area contributed by atoms with Crippen molar-refractivity contribution in [3.63, 3.8) is 0 Å². The Hall–Kier alpha value is -0.970. The quantitative estimate of drug-likeness (QED) is 0.527. The molecule has 0 atom stereocenters. The fraction of sp³-hybridized carbons (Fsp3) is 0. The molecule has 13 heavy (non-hydrogen) atoms. The molecule has 0 amide bonds. The summed E-state index contributed by atoms with van der Waals surface area (Å²) in [7, 11) is 0. The highest BCUT2D eigenvalue weighted by Crippen LogP contribution is 2.30. The largest absolute Gasteiger partial charge is 0.478 e. The number of anilines is 1. The molecule has 0 spiro atoms. The summed E-state index contributed by atoms with van der Waals surface area (Å²) in [5, 5.41) is 8.98. The molecule has 0 aliphatic heterocycles. The Labute approximate surface area is 84.2 Å². The molecule has 0 aliphatic rings. The van der Waals surface area contributed by atoms with Crippen LogP contribution in [0, 0.1) is 0 Å². The minimum Gasteiger partial charge on any atom is -0.478 e. The van der Waals surface area contributed by atoms with Gasteiger partial charge < -0.3 is 10.5 Å². The second kappa shape index (κ2) is 3.83. The number of hydrogen-bond acceptors (Lipinski definition) is 3. The van der Waals surface area contributed by atoms with Gasteiger partial charge in [-0.2, -0.15) is 0 Å². The minimum absolute atomic E-state index is 0.0222. The molecule has 0 bridgehead atoms. The number of nitrogen functional groups attached to an aromatic ring is 1. The molecule has 70 valence electrons. The van der Waals surface area contributed by atoms with Crippen LogP contribution in [0.25, 0.3) is 0 Å². The molecule has 0 saturated carbocycles. The van der Waals surface area contributed by atoms with Gasteiger partial charge in [0.1, 0.15) is 0 Å². The smallest absolute Gasteiger partial charge is 0.335 e. The van der Waals surface area contributed by atoms with Crippen LogP contribution in [0.3, 0.4) is 0 Å². The van der Waals surface area contributed by atoms with Gasteiger partial charge in [-0.1, -0.05) is 23.2 Å². The average molecular weight is 221 g/mol. The number of hydrazine groups is 1. The van der Waals surface area contributed by atoms with Gasteiger partial charge in [0.25, 0.3) is 0 Å². The summed E-state index contributed by atoms with van der Waals surface area (Å²) in [4.78, 5) is 10.5. The highest BCUT2D eigenvalue weighted by atomic mass is 35.5. The van der Waals surface area contributed by atoms with Crippen LogP contribution in [-0.4, -0.2) is 11.1 Å². The maximum atomic E-state index is 10.5. The lowest BCUT2D eigenvalue weighted by Crippen LogP contribution is -2.08. The number of hydrogen-bond donors (Lipinski definition) is 3. The van der Waals surface area contributed by atoms with E-state index >= 15 is 0 Å². The van der Waals surface area contributed by atoms with Crippen molar-refractivity contribution in [2.45, 2.75) is 0 Å². The first-order valence-corrected chi connectivity index (χ1v) is 4.01. The van der Waals surface area contributed by atoms with Crippen molar-refractivity contribution < 1.29 is 9.90 Å². The third-order valence-corrected chi connectivity index (χ3v) is 2.03. The van der Waals surface area contributed by atoms with E-state index in [2.05, 4.69) is 5.43 Å². The number of carboxylic acids is 1. The van der Waals surface area contributed by atoms with Crippen LogP contribution in [0.1, 0.15) is 10.4 Å². The van der Waals surface area contributed by atoms with Crippen LogP contribution >= 0.6 is 23.2 Å². The molecular formula is C7H6Cl2N2O2. The van der Waals surface area contributed by atoms with Gasteiger partial charge in [0.15, 0.2) is 0 Å². The zero-order valence-corrected chi connectivity index (χ0v) is 7.86. The number of aromatic carboxylic acids is 1. The summed E-state index contributed by atoms with van der Waals surface area (Å²) in [6.45, 7) is 0.